The fourth-order valence-electron chi connectivity index (χ4n) is 3.71. The van der Waals surface area contributed by atoms with Crippen LogP contribution in [0.15, 0.2) is 24.7 Å². The van der Waals surface area contributed by atoms with Crippen LogP contribution in [0.5, 0.6) is 0 Å². The number of hydrogen-bond acceptors (Lipinski definition) is 10. The topological polar surface area (TPSA) is 170 Å². The van der Waals surface area contributed by atoms with Crippen LogP contribution in [0, 0.1) is 29.0 Å². The molecule has 2 N–H and O–H groups in total. The van der Waals surface area contributed by atoms with Crippen molar-refractivity contribution in [1.82, 2.24) is 29.9 Å². The Labute approximate surface area is 208 Å². The molecule has 1 aliphatic carbocycles. The van der Waals surface area contributed by atoms with Gasteiger partial charge >= 0.3 is 6.09 Å². The maximum Gasteiger partial charge on any atom is 0.413 e. The number of aryl methyl sites for hydroxylation is 1. The number of amides is 2. The first-order valence-corrected chi connectivity index (χ1v) is 10.9. The molecule has 1 fully saturated rings. The van der Waals surface area contributed by atoms with Crippen molar-refractivity contribution >= 4 is 23.5 Å². The van der Waals surface area contributed by atoms with E-state index >= 15 is 0 Å². The molecular formula is C22H21F2N9O4. The Kier molecular flexibility index (Phi) is 7.02. The maximum absolute atomic E-state index is 13.9. The van der Waals surface area contributed by atoms with Gasteiger partial charge in [0.25, 0.3) is 0 Å². The molecule has 3 aromatic heterocycles. The minimum absolute atomic E-state index is 0.0775. The van der Waals surface area contributed by atoms with Gasteiger partial charge in [0.2, 0.25) is 11.9 Å². The molecule has 0 aliphatic heterocycles. The van der Waals surface area contributed by atoms with Gasteiger partial charge < -0.3 is 14.8 Å². The van der Waals surface area contributed by atoms with E-state index in [0.29, 0.717) is 11.9 Å². The number of rotatable bonds is 7. The van der Waals surface area contributed by atoms with Crippen LogP contribution in [-0.2, 0) is 21.3 Å². The fourth-order valence-corrected chi connectivity index (χ4v) is 3.71. The smallest absolute Gasteiger partial charge is 0.413 e. The van der Waals surface area contributed by atoms with Gasteiger partial charge in [0.05, 0.1) is 35.9 Å². The monoisotopic (exact) mass is 513 g/mol. The number of nitrogens with zero attached hydrogens (tertiary/aromatic N) is 7. The highest BCUT2D eigenvalue weighted by Crippen LogP contribution is 2.40. The normalized spacial score (nSPS) is 19.3. The zero-order chi connectivity index (χ0) is 26.7. The summed E-state index contributed by atoms with van der Waals surface area (Å²) in [5.41, 5.74) is -0.750. The highest BCUT2D eigenvalue weighted by molar-refractivity contribution is 5.93. The van der Waals surface area contributed by atoms with Crippen molar-refractivity contribution in [1.29, 1.82) is 5.26 Å². The molecule has 0 unspecified atom stereocenters. The van der Waals surface area contributed by atoms with Crippen molar-refractivity contribution < 1.29 is 27.8 Å². The summed E-state index contributed by atoms with van der Waals surface area (Å²) in [4.78, 5) is 36.4. The van der Waals surface area contributed by atoms with E-state index in [-0.39, 0.29) is 47.6 Å². The maximum atomic E-state index is 13.9. The third kappa shape index (κ3) is 5.33. The van der Waals surface area contributed by atoms with E-state index in [9.17, 15) is 18.4 Å². The van der Waals surface area contributed by atoms with E-state index in [1.807, 2.05) is 0 Å². The second kappa shape index (κ2) is 10.2. The first-order chi connectivity index (χ1) is 17.6. The SMILES string of the molecule is CO[C@]1(C#N)C[C@H](C(=O)Nc2cnc(-c3nnn(C)c3NC(=O)O[C@H](C)c3cc(F)cnc3F)nc2)C1. The van der Waals surface area contributed by atoms with E-state index in [0.717, 1.165) is 6.07 Å². The number of carbonyl (C=O) groups is 2. The molecule has 0 saturated heterocycles. The predicted octanol–water partition coefficient (Wildman–Crippen LogP) is 2.51. The first-order valence-electron chi connectivity index (χ1n) is 10.9. The Morgan fingerprint density at radius 3 is 2.57 bits per heavy atom. The minimum Gasteiger partial charge on any atom is -0.441 e. The number of methoxy groups -OCH3 is 1. The molecule has 0 aromatic carbocycles. The number of pyridine rings is 1. The van der Waals surface area contributed by atoms with Crippen LogP contribution in [0.25, 0.3) is 11.5 Å². The molecule has 1 aliphatic rings. The van der Waals surface area contributed by atoms with Crippen LogP contribution in [0.3, 0.4) is 0 Å². The van der Waals surface area contributed by atoms with E-state index in [1.54, 1.807) is 0 Å². The summed E-state index contributed by atoms with van der Waals surface area (Å²) < 4.78 is 38.8. The number of aromatic nitrogens is 6. The molecule has 15 heteroatoms. The summed E-state index contributed by atoms with van der Waals surface area (Å²) in [6.45, 7) is 1.36. The summed E-state index contributed by atoms with van der Waals surface area (Å²) >= 11 is 0. The largest absolute Gasteiger partial charge is 0.441 e. The lowest BCUT2D eigenvalue weighted by Gasteiger charge is -2.40. The van der Waals surface area contributed by atoms with Crippen molar-refractivity contribution in [2.24, 2.45) is 13.0 Å². The van der Waals surface area contributed by atoms with Gasteiger partial charge in [-0.3, -0.25) is 10.1 Å². The van der Waals surface area contributed by atoms with Gasteiger partial charge in [-0.2, -0.15) is 9.65 Å². The highest BCUT2D eigenvalue weighted by atomic mass is 19.1. The molecule has 37 heavy (non-hydrogen) atoms. The summed E-state index contributed by atoms with van der Waals surface area (Å²) in [7, 11) is 2.93. The van der Waals surface area contributed by atoms with Gasteiger partial charge in [0.15, 0.2) is 22.9 Å². The number of anilines is 2. The van der Waals surface area contributed by atoms with Gasteiger partial charge in [-0.1, -0.05) is 5.21 Å². The van der Waals surface area contributed by atoms with Crippen LogP contribution in [0.2, 0.25) is 0 Å². The summed E-state index contributed by atoms with van der Waals surface area (Å²) in [6.07, 6.45) is 1.86. The summed E-state index contributed by atoms with van der Waals surface area (Å²) in [6, 6.07) is 2.95. The molecule has 3 heterocycles. The number of carbonyl (C=O) groups excluding carboxylic acids is 2. The molecule has 0 spiro atoms. The molecule has 192 valence electrons. The lowest BCUT2D eigenvalue weighted by atomic mass is 9.71. The van der Waals surface area contributed by atoms with E-state index in [4.69, 9.17) is 14.7 Å². The number of hydrogen-bond donors (Lipinski definition) is 2. The molecule has 1 atom stereocenters. The molecule has 2 amide bonds. The molecule has 4 rings (SSSR count). The van der Waals surface area contributed by atoms with E-state index in [1.165, 1.54) is 38.2 Å². The van der Waals surface area contributed by atoms with E-state index in [2.05, 4.69) is 42.0 Å². The number of ether oxygens (including phenoxy) is 2. The predicted molar refractivity (Wildman–Crippen MR) is 121 cm³/mol. The molecular weight excluding hydrogens is 492 g/mol. The molecule has 3 aromatic rings. The van der Waals surface area contributed by atoms with Crippen LogP contribution in [0.1, 0.15) is 31.4 Å². The first kappa shape index (κ1) is 25.5. The van der Waals surface area contributed by atoms with Crippen LogP contribution in [0.4, 0.5) is 25.1 Å². The van der Waals surface area contributed by atoms with Gasteiger partial charge in [-0.25, -0.2) is 28.8 Å². The van der Waals surface area contributed by atoms with Crippen molar-refractivity contribution in [3.8, 4) is 17.6 Å². The zero-order valence-corrected chi connectivity index (χ0v) is 19.9. The summed E-state index contributed by atoms with van der Waals surface area (Å²) in [5.74, 6) is -2.25. The van der Waals surface area contributed by atoms with Crippen LogP contribution in [-0.4, -0.2) is 54.7 Å². The Morgan fingerprint density at radius 2 is 1.92 bits per heavy atom. The van der Waals surface area contributed by atoms with Gasteiger partial charge in [0.1, 0.15) is 11.9 Å². The Hall–Kier alpha value is -4.58. The number of nitrogens with one attached hydrogen (secondary N) is 2. The summed E-state index contributed by atoms with van der Waals surface area (Å²) in [5, 5.41) is 22.1. The second-order valence-corrected chi connectivity index (χ2v) is 8.32. The standard InChI is InChI=1S/C22H21F2N9O4/c1-11(15-4-13(23)7-26-17(15)24)37-21(35)30-19-16(31-32-33(19)2)18-27-8-14(9-28-18)29-20(34)12-5-22(6-12,10-25)36-3/h4,7-9,11-12H,5-6H2,1-3H3,(H,29,34)(H,30,35)/t11-,12-,22+/m1/s1. The average molecular weight is 513 g/mol. The van der Waals surface area contributed by atoms with Crippen LogP contribution < -0.4 is 10.6 Å². The lowest BCUT2D eigenvalue weighted by molar-refractivity contribution is -0.132. The fraction of sp³-hybridized carbons (Fsp3) is 0.364. The van der Waals surface area contributed by atoms with E-state index < -0.39 is 29.6 Å². The minimum atomic E-state index is -1.15. The Bertz CT molecular complexity index is 1370. The van der Waals surface area contributed by atoms with Crippen molar-refractivity contribution in [2.45, 2.75) is 31.5 Å². The Morgan fingerprint density at radius 1 is 1.22 bits per heavy atom. The molecule has 0 bridgehead atoms. The van der Waals surface area contributed by atoms with Crippen molar-refractivity contribution in [3.63, 3.8) is 0 Å². The van der Waals surface area contributed by atoms with Crippen molar-refractivity contribution in [2.75, 3.05) is 17.7 Å². The zero-order valence-electron chi connectivity index (χ0n) is 19.9. The Balaban J connectivity index is 1.40. The second-order valence-electron chi connectivity index (χ2n) is 8.32. The molecule has 13 nitrogen and oxygen atoms in total. The van der Waals surface area contributed by atoms with Gasteiger partial charge in [-0.15, -0.1) is 5.10 Å². The quantitative estimate of drug-likeness (QED) is 0.448. The third-order valence-electron chi connectivity index (χ3n) is 5.85. The third-order valence-corrected chi connectivity index (χ3v) is 5.85. The average Bonchev–Trinajstić information content (AvgIpc) is 3.20. The highest BCUT2D eigenvalue weighted by Gasteiger charge is 2.48. The number of halogens is 2. The molecule has 0 radical (unpaired) electrons. The lowest BCUT2D eigenvalue weighted by Crippen LogP contribution is -2.48. The van der Waals surface area contributed by atoms with Crippen molar-refractivity contribution in [3.05, 3.63) is 42.0 Å². The van der Waals surface area contributed by atoms with Gasteiger partial charge in [-0.05, 0) is 13.0 Å². The number of nitriles is 1. The van der Waals surface area contributed by atoms with Crippen LogP contribution >= 0.6 is 0 Å². The molecule has 1 saturated carbocycles. The van der Waals surface area contributed by atoms with Gasteiger partial charge in [0, 0.05) is 32.9 Å².